The van der Waals surface area contributed by atoms with E-state index in [0.29, 0.717) is 22.4 Å². The van der Waals surface area contributed by atoms with Gasteiger partial charge in [-0.3, -0.25) is 9.78 Å². The fourth-order valence-corrected chi connectivity index (χ4v) is 3.94. The van der Waals surface area contributed by atoms with Crippen LogP contribution >= 0.6 is 23.4 Å². The molecule has 0 radical (unpaired) electrons. The number of aryl methyl sites for hydroxylation is 2. The van der Waals surface area contributed by atoms with E-state index in [-0.39, 0.29) is 11.7 Å². The van der Waals surface area contributed by atoms with Crippen molar-refractivity contribution in [3.8, 4) is 11.4 Å². The number of aromatic nitrogens is 4. The van der Waals surface area contributed by atoms with Crippen molar-refractivity contribution in [3.05, 3.63) is 52.8 Å². The minimum absolute atomic E-state index is 0.137. The lowest BCUT2D eigenvalue weighted by Crippen LogP contribution is -2.16. The van der Waals surface area contributed by atoms with Crippen LogP contribution < -0.4 is 5.32 Å². The topological polar surface area (TPSA) is 72.7 Å². The average molecular weight is 402 g/mol. The Balaban J connectivity index is 1.70. The van der Waals surface area contributed by atoms with E-state index in [1.54, 1.807) is 12.4 Å². The van der Waals surface area contributed by atoms with E-state index in [1.165, 1.54) is 11.8 Å². The van der Waals surface area contributed by atoms with Crippen LogP contribution in [0, 0.1) is 13.8 Å². The van der Waals surface area contributed by atoms with Crippen molar-refractivity contribution < 1.29 is 4.79 Å². The van der Waals surface area contributed by atoms with E-state index in [0.717, 1.165) is 22.5 Å². The van der Waals surface area contributed by atoms with Gasteiger partial charge in [-0.05, 0) is 50.1 Å². The second kappa shape index (κ2) is 8.54. The number of anilines is 1. The number of halogens is 1. The monoisotopic (exact) mass is 401 g/mol. The third-order valence-electron chi connectivity index (χ3n) is 3.98. The predicted molar refractivity (Wildman–Crippen MR) is 109 cm³/mol. The molecular weight excluding hydrogens is 382 g/mol. The summed E-state index contributed by atoms with van der Waals surface area (Å²) in [4.78, 5) is 16.5. The molecule has 2 aromatic heterocycles. The Bertz CT molecular complexity index is 935. The van der Waals surface area contributed by atoms with Crippen LogP contribution in [-0.2, 0) is 11.3 Å². The zero-order valence-electron chi connectivity index (χ0n) is 15.4. The Morgan fingerprint density at radius 1 is 1.30 bits per heavy atom. The van der Waals surface area contributed by atoms with Crippen molar-refractivity contribution >= 4 is 35.0 Å². The molecule has 2 heterocycles. The summed E-state index contributed by atoms with van der Waals surface area (Å²) in [5, 5.41) is 12.6. The summed E-state index contributed by atoms with van der Waals surface area (Å²) in [5.74, 6) is 0.822. The van der Waals surface area contributed by atoms with Crippen molar-refractivity contribution in [1.82, 2.24) is 19.7 Å². The van der Waals surface area contributed by atoms with Gasteiger partial charge in [-0.25, -0.2) is 0 Å². The van der Waals surface area contributed by atoms with Crippen molar-refractivity contribution in [2.75, 3.05) is 11.1 Å². The Kier molecular flexibility index (Phi) is 6.13. The first-order chi connectivity index (χ1) is 13.0. The van der Waals surface area contributed by atoms with Crippen LogP contribution in [-0.4, -0.2) is 31.4 Å². The molecule has 0 fully saturated rings. The molecule has 27 heavy (non-hydrogen) atoms. The van der Waals surface area contributed by atoms with Gasteiger partial charge < -0.3 is 9.88 Å². The maximum absolute atomic E-state index is 12.4. The molecule has 3 rings (SSSR count). The second-order valence-corrected chi connectivity index (χ2v) is 7.42. The van der Waals surface area contributed by atoms with E-state index in [1.807, 2.05) is 49.6 Å². The van der Waals surface area contributed by atoms with Gasteiger partial charge in [0.25, 0.3) is 0 Å². The number of rotatable bonds is 6. The third kappa shape index (κ3) is 4.48. The highest BCUT2D eigenvalue weighted by Gasteiger charge is 2.15. The van der Waals surface area contributed by atoms with Crippen molar-refractivity contribution in [2.24, 2.45) is 0 Å². The molecule has 0 atom stereocenters. The summed E-state index contributed by atoms with van der Waals surface area (Å²) in [7, 11) is 0. The molecule has 0 aliphatic heterocycles. The first kappa shape index (κ1) is 19.4. The highest BCUT2D eigenvalue weighted by Crippen LogP contribution is 2.28. The normalized spacial score (nSPS) is 10.8. The van der Waals surface area contributed by atoms with E-state index < -0.39 is 0 Å². The minimum Gasteiger partial charge on any atom is -0.324 e. The fraction of sp³-hybridized carbons (Fsp3) is 0.263. The number of hydrogen-bond donors (Lipinski definition) is 1. The summed E-state index contributed by atoms with van der Waals surface area (Å²) < 4.78 is 1.97. The van der Waals surface area contributed by atoms with E-state index >= 15 is 0 Å². The smallest absolute Gasteiger partial charge is 0.234 e. The van der Waals surface area contributed by atoms with Crippen LogP contribution in [0.4, 0.5) is 5.69 Å². The Labute approximate surface area is 167 Å². The summed E-state index contributed by atoms with van der Waals surface area (Å²) in [6.07, 6.45) is 3.47. The molecule has 8 heteroatoms. The van der Waals surface area contributed by atoms with Gasteiger partial charge in [-0.2, -0.15) is 0 Å². The standard InChI is InChI=1S/C19H20ClN5OS/c1-4-25-18(14-6-5-7-21-10-14)23-24-19(25)27-11-16(26)22-17-13(3)8-12(2)9-15(17)20/h5-10H,4,11H2,1-3H3,(H,22,26). The Morgan fingerprint density at radius 2 is 2.11 bits per heavy atom. The van der Waals surface area contributed by atoms with Gasteiger partial charge in [-0.1, -0.05) is 29.4 Å². The highest BCUT2D eigenvalue weighted by molar-refractivity contribution is 7.99. The largest absolute Gasteiger partial charge is 0.324 e. The molecule has 1 amide bonds. The van der Waals surface area contributed by atoms with Crippen LogP contribution in [0.1, 0.15) is 18.1 Å². The molecule has 1 N–H and O–H groups in total. The number of benzene rings is 1. The Hall–Kier alpha value is -2.38. The Morgan fingerprint density at radius 3 is 2.78 bits per heavy atom. The lowest BCUT2D eigenvalue weighted by atomic mass is 10.1. The molecule has 0 spiro atoms. The first-order valence-corrected chi connectivity index (χ1v) is 9.89. The third-order valence-corrected chi connectivity index (χ3v) is 5.25. The number of nitrogens with zero attached hydrogens (tertiary/aromatic N) is 4. The SMILES string of the molecule is CCn1c(SCC(=O)Nc2c(C)cc(C)cc2Cl)nnc1-c1cccnc1. The first-order valence-electron chi connectivity index (χ1n) is 8.52. The highest BCUT2D eigenvalue weighted by atomic mass is 35.5. The molecule has 0 aliphatic carbocycles. The summed E-state index contributed by atoms with van der Waals surface area (Å²) in [6.45, 7) is 6.61. The maximum Gasteiger partial charge on any atom is 0.234 e. The second-order valence-electron chi connectivity index (χ2n) is 6.07. The van der Waals surface area contributed by atoms with Crippen LogP contribution in [0.25, 0.3) is 11.4 Å². The fourth-order valence-electron chi connectivity index (χ4n) is 2.77. The number of carbonyl (C=O) groups excluding carboxylic acids is 1. The van der Waals surface area contributed by atoms with Gasteiger partial charge in [0.1, 0.15) is 0 Å². The molecular formula is C19H20ClN5OS. The van der Waals surface area contributed by atoms with Gasteiger partial charge in [0.05, 0.1) is 16.5 Å². The van der Waals surface area contributed by atoms with Crippen LogP contribution in [0.5, 0.6) is 0 Å². The molecule has 0 saturated carbocycles. The van der Waals surface area contributed by atoms with Crippen molar-refractivity contribution in [3.63, 3.8) is 0 Å². The van der Waals surface area contributed by atoms with Gasteiger partial charge in [0, 0.05) is 24.5 Å². The molecule has 0 bridgehead atoms. The van der Waals surface area contributed by atoms with Crippen molar-refractivity contribution in [2.45, 2.75) is 32.5 Å². The van der Waals surface area contributed by atoms with Gasteiger partial charge >= 0.3 is 0 Å². The molecule has 6 nitrogen and oxygen atoms in total. The van der Waals surface area contributed by atoms with Gasteiger partial charge in [-0.15, -0.1) is 10.2 Å². The van der Waals surface area contributed by atoms with E-state index in [2.05, 4.69) is 20.5 Å². The van der Waals surface area contributed by atoms with E-state index in [9.17, 15) is 4.79 Å². The molecule has 1 aromatic carbocycles. The number of carbonyl (C=O) groups is 1. The number of nitrogens with one attached hydrogen (secondary N) is 1. The van der Waals surface area contributed by atoms with Gasteiger partial charge in [0.2, 0.25) is 5.91 Å². The molecule has 0 aliphatic rings. The molecule has 140 valence electrons. The van der Waals surface area contributed by atoms with Crippen LogP contribution in [0.15, 0.2) is 41.8 Å². The maximum atomic E-state index is 12.4. The van der Waals surface area contributed by atoms with Crippen molar-refractivity contribution in [1.29, 1.82) is 0 Å². The molecule has 0 saturated heterocycles. The summed E-state index contributed by atoms with van der Waals surface area (Å²) in [6, 6.07) is 7.62. The number of thioether (sulfide) groups is 1. The summed E-state index contributed by atoms with van der Waals surface area (Å²) >= 11 is 7.60. The zero-order valence-corrected chi connectivity index (χ0v) is 16.9. The molecule has 0 unspecified atom stereocenters. The van der Waals surface area contributed by atoms with Crippen LogP contribution in [0.3, 0.4) is 0 Å². The predicted octanol–water partition coefficient (Wildman–Crippen LogP) is 4.36. The lowest BCUT2D eigenvalue weighted by Gasteiger charge is -2.11. The number of hydrogen-bond acceptors (Lipinski definition) is 5. The van der Waals surface area contributed by atoms with E-state index in [4.69, 9.17) is 11.6 Å². The average Bonchev–Trinajstić information content (AvgIpc) is 3.06. The quantitative estimate of drug-likeness (QED) is 0.621. The number of amides is 1. The van der Waals surface area contributed by atoms with Gasteiger partial charge in [0.15, 0.2) is 11.0 Å². The summed E-state index contributed by atoms with van der Waals surface area (Å²) in [5.41, 5.74) is 3.55. The molecule has 3 aromatic rings. The number of pyridine rings is 1. The van der Waals surface area contributed by atoms with Crippen LogP contribution in [0.2, 0.25) is 5.02 Å². The zero-order chi connectivity index (χ0) is 19.4. The minimum atomic E-state index is -0.137. The lowest BCUT2D eigenvalue weighted by molar-refractivity contribution is -0.113.